The van der Waals surface area contributed by atoms with Gasteiger partial charge < -0.3 is 4.42 Å². The molecule has 0 unspecified atom stereocenters. The molecule has 1 amide bonds. The second kappa shape index (κ2) is 4.19. The van der Waals surface area contributed by atoms with Gasteiger partial charge in [0.25, 0.3) is 11.7 Å². The van der Waals surface area contributed by atoms with Gasteiger partial charge in [-0.3, -0.25) is 14.5 Å². The Kier molecular flexibility index (Phi) is 2.60. The van der Waals surface area contributed by atoms with E-state index in [1.54, 1.807) is 6.92 Å². The minimum Gasteiger partial charge on any atom is -0.424 e. The first-order chi connectivity index (χ1) is 9.49. The van der Waals surface area contributed by atoms with Crippen molar-refractivity contribution in [2.24, 2.45) is 0 Å². The summed E-state index contributed by atoms with van der Waals surface area (Å²) in [5.74, 6) is -3.63. The van der Waals surface area contributed by atoms with Gasteiger partial charge in [-0.2, -0.15) is 0 Å². The first-order valence-electron chi connectivity index (χ1n) is 5.62. The normalized spacial score (nSPS) is 14.1. The summed E-state index contributed by atoms with van der Waals surface area (Å²) in [6.45, 7) is 1.25. The van der Waals surface area contributed by atoms with Gasteiger partial charge in [-0.05, 0) is 12.1 Å². The molecule has 0 radical (unpaired) electrons. The molecule has 2 heterocycles. The molecule has 0 N–H and O–H groups in total. The molecule has 0 aliphatic carbocycles. The molecule has 20 heavy (non-hydrogen) atoms. The smallest absolute Gasteiger partial charge is 0.300 e. The Morgan fingerprint density at radius 2 is 1.90 bits per heavy atom. The standard InChI is InChI=1S/C12H7F2N3O3/c1-5-15-16-8(20-5)4-17-10-7(14)3-2-6(13)9(10)11(18)12(17)19/h2-3H,4H2,1H3. The van der Waals surface area contributed by atoms with Crippen molar-refractivity contribution in [3.8, 4) is 0 Å². The number of fused-ring (bicyclic) bond motifs is 1. The van der Waals surface area contributed by atoms with Crippen molar-refractivity contribution in [1.29, 1.82) is 0 Å². The maximum Gasteiger partial charge on any atom is 0.300 e. The maximum absolute atomic E-state index is 13.8. The van der Waals surface area contributed by atoms with E-state index >= 15 is 0 Å². The van der Waals surface area contributed by atoms with Gasteiger partial charge in [-0.15, -0.1) is 10.2 Å². The number of halogens is 2. The van der Waals surface area contributed by atoms with Crippen LogP contribution in [0, 0.1) is 18.6 Å². The fourth-order valence-corrected chi connectivity index (χ4v) is 2.04. The second-order valence-electron chi connectivity index (χ2n) is 4.19. The molecule has 1 aromatic heterocycles. The number of aromatic nitrogens is 2. The number of nitrogens with zero attached hydrogens (tertiary/aromatic N) is 3. The van der Waals surface area contributed by atoms with Crippen LogP contribution >= 0.6 is 0 Å². The van der Waals surface area contributed by atoms with E-state index in [1.165, 1.54) is 0 Å². The summed E-state index contributed by atoms with van der Waals surface area (Å²) in [5.41, 5.74) is -0.956. The molecule has 0 saturated carbocycles. The van der Waals surface area contributed by atoms with Crippen LogP contribution in [0.15, 0.2) is 16.5 Å². The van der Waals surface area contributed by atoms with Crippen molar-refractivity contribution < 1.29 is 22.8 Å². The number of ketones is 1. The van der Waals surface area contributed by atoms with E-state index < -0.39 is 34.6 Å². The van der Waals surface area contributed by atoms with Gasteiger partial charge in [-0.1, -0.05) is 0 Å². The quantitative estimate of drug-likeness (QED) is 0.776. The van der Waals surface area contributed by atoms with Crippen molar-refractivity contribution in [3.63, 3.8) is 0 Å². The Bertz CT molecular complexity index is 742. The summed E-state index contributed by atoms with van der Waals surface area (Å²) in [7, 11) is 0. The SMILES string of the molecule is Cc1nnc(CN2C(=O)C(=O)c3c(F)ccc(F)c32)o1. The molecule has 0 fully saturated rings. The van der Waals surface area contributed by atoms with Crippen molar-refractivity contribution >= 4 is 17.4 Å². The molecule has 0 atom stereocenters. The zero-order chi connectivity index (χ0) is 14.4. The third-order valence-corrected chi connectivity index (χ3v) is 2.88. The number of anilines is 1. The molecule has 0 saturated heterocycles. The lowest BCUT2D eigenvalue weighted by Gasteiger charge is -2.14. The van der Waals surface area contributed by atoms with Crippen LogP contribution in [0.3, 0.4) is 0 Å². The zero-order valence-electron chi connectivity index (χ0n) is 10.2. The van der Waals surface area contributed by atoms with E-state index in [1.807, 2.05) is 0 Å². The molecule has 102 valence electrons. The number of rotatable bonds is 2. The average Bonchev–Trinajstić information content (AvgIpc) is 2.92. The van der Waals surface area contributed by atoms with Gasteiger partial charge >= 0.3 is 0 Å². The van der Waals surface area contributed by atoms with Crippen LogP contribution in [0.2, 0.25) is 0 Å². The fraction of sp³-hybridized carbons (Fsp3) is 0.167. The molecule has 1 aliphatic heterocycles. The van der Waals surface area contributed by atoms with Crippen molar-refractivity contribution in [2.45, 2.75) is 13.5 Å². The van der Waals surface area contributed by atoms with Crippen LogP contribution in [-0.2, 0) is 11.3 Å². The van der Waals surface area contributed by atoms with E-state index in [4.69, 9.17) is 4.42 Å². The average molecular weight is 279 g/mol. The molecule has 8 heteroatoms. The summed E-state index contributed by atoms with van der Waals surface area (Å²) in [4.78, 5) is 24.3. The number of amides is 1. The Morgan fingerprint density at radius 3 is 2.55 bits per heavy atom. The summed E-state index contributed by atoms with van der Waals surface area (Å²) in [6, 6.07) is 1.66. The number of carbonyl (C=O) groups is 2. The highest BCUT2D eigenvalue weighted by Gasteiger charge is 2.41. The maximum atomic E-state index is 13.8. The molecule has 0 bridgehead atoms. The van der Waals surface area contributed by atoms with Gasteiger partial charge in [0.1, 0.15) is 18.2 Å². The van der Waals surface area contributed by atoms with Crippen LogP contribution in [-0.4, -0.2) is 21.9 Å². The fourth-order valence-electron chi connectivity index (χ4n) is 2.04. The van der Waals surface area contributed by atoms with E-state index in [9.17, 15) is 18.4 Å². The highest BCUT2D eigenvalue weighted by molar-refractivity contribution is 6.52. The Balaban J connectivity index is 2.08. The molecule has 0 spiro atoms. The van der Waals surface area contributed by atoms with E-state index in [0.717, 1.165) is 17.0 Å². The molecule has 1 aliphatic rings. The monoisotopic (exact) mass is 279 g/mol. The highest BCUT2D eigenvalue weighted by Crippen LogP contribution is 2.34. The first-order valence-corrected chi connectivity index (χ1v) is 5.62. The predicted octanol–water partition coefficient (Wildman–Crippen LogP) is 1.39. The highest BCUT2D eigenvalue weighted by atomic mass is 19.1. The molecule has 2 aromatic rings. The predicted molar refractivity (Wildman–Crippen MR) is 60.9 cm³/mol. The number of Topliss-reactive ketones (excluding diaryl/α,β-unsaturated/α-hetero) is 1. The first kappa shape index (κ1) is 12.4. The Morgan fingerprint density at radius 1 is 1.20 bits per heavy atom. The number of carbonyl (C=O) groups excluding carboxylic acids is 2. The van der Waals surface area contributed by atoms with Gasteiger partial charge in [0, 0.05) is 6.92 Å². The third-order valence-electron chi connectivity index (χ3n) is 2.88. The van der Waals surface area contributed by atoms with E-state index in [2.05, 4.69) is 10.2 Å². The van der Waals surface area contributed by atoms with Crippen molar-refractivity contribution in [3.05, 3.63) is 41.1 Å². The topological polar surface area (TPSA) is 76.3 Å². The summed E-state index contributed by atoms with van der Waals surface area (Å²) in [6.07, 6.45) is 0. The molecular formula is C12H7F2N3O3. The lowest BCUT2D eigenvalue weighted by molar-refractivity contribution is -0.114. The van der Waals surface area contributed by atoms with Crippen LogP contribution < -0.4 is 4.90 Å². The van der Waals surface area contributed by atoms with Gasteiger partial charge in [0.2, 0.25) is 11.8 Å². The molecule has 6 nitrogen and oxygen atoms in total. The van der Waals surface area contributed by atoms with Crippen molar-refractivity contribution in [1.82, 2.24) is 10.2 Å². The van der Waals surface area contributed by atoms with Crippen molar-refractivity contribution in [2.75, 3.05) is 4.90 Å². The second-order valence-corrected chi connectivity index (χ2v) is 4.19. The summed E-state index contributed by atoms with van der Waals surface area (Å²) in [5, 5.41) is 7.22. The largest absolute Gasteiger partial charge is 0.424 e. The number of hydrogen-bond acceptors (Lipinski definition) is 5. The molecule has 1 aromatic carbocycles. The third kappa shape index (κ3) is 1.68. The van der Waals surface area contributed by atoms with Crippen LogP contribution in [0.25, 0.3) is 0 Å². The lowest BCUT2D eigenvalue weighted by Crippen LogP contribution is -2.29. The van der Waals surface area contributed by atoms with Gasteiger partial charge in [0.15, 0.2) is 0 Å². The van der Waals surface area contributed by atoms with Crippen LogP contribution in [0.5, 0.6) is 0 Å². The van der Waals surface area contributed by atoms with Crippen LogP contribution in [0.1, 0.15) is 22.1 Å². The van der Waals surface area contributed by atoms with Gasteiger partial charge in [-0.25, -0.2) is 8.78 Å². The summed E-state index contributed by atoms with van der Waals surface area (Å²) >= 11 is 0. The Hall–Kier alpha value is -2.64. The lowest BCUT2D eigenvalue weighted by atomic mass is 10.1. The van der Waals surface area contributed by atoms with E-state index in [0.29, 0.717) is 0 Å². The zero-order valence-corrected chi connectivity index (χ0v) is 10.2. The number of aryl methyl sites for hydroxylation is 1. The molecular weight excluding hydrogens is 272 g/mol. The minimum absolute atomic E-state index is 0.0279. The minimum atomic E-state index is -1.09. The number of benzene rings is 1. The van der Waals surface area contributed by atoms with E-state index in [-0.39, 0.29) is 18.3 Å². The Labute approximate surface area is 111 Å². The number of hydrogen-bond donors (Lipinski definition) is 0. The summed E-state index contributed by atoms with van der Waals surface area (Å²) < 4.78 is 32.5. The molecule has 3 rings (SSSR count). The van der Waals surface area contributed by atoms with Gasteiger partial charge in [0.05, 0.1) is 11.3 Å². The van der Waals surface area contributed by atoms with Crippen LogP contribution in [0.4, 0.5) is 14.5 Å².